The fraction of sp³-hybridized carbons (Fsp3) is 0.300. The maximum Gasteiger partial charge on any atom is 0.326 e. The third-order valence-electron chi connectivity index (χ3n) is 11.3. The van der Waals surface area contributed by atoms with Crippen molar-refractivity contribution in [1.82, 2.24) is 26.6 Å². The van der Waals surface area contributed by atoms with Crippen LogP contribution >= 0.6 is 23.2 Å². The zero-order valence-electron chi connectivity index (χ0n) is 36.0. The number of allylic oxidation sites excluding steroid dienone is 4. The smallest absolute Gasteiger partial charge is 0.326 e. The number of carboxylic acid groups (broad SMARTS) is 1. The van der Waals surface area contributed by atoms with Gasteiger partial charge in [-0.15, -0.1) is 0 Å². The lowest BCUT2D eigenvalue weighted by atomic mass is 9.93. The van der Waals surface area contributed by atoms with Gasteiger partial charge in [-0.3, -0.25) is 28.8 Å². The van der Waals surface area contributed by atoms with Gasteiger partial charge < -0.3 is 37.0 Å². The summed E-state index contributed by atoms with van der Waals surface area (Å²) in [6, 6.07) is 22.3. The molecule has 0 radical (unpaired) electrons. The normalized spacial score (nSPS) is 21.2. The first kappa shape index (κ1) is 48.7. The highest BCUT2D eigenvalue weighted by atomic mass is 35.5. The molecule has 1 unspecified atom stereocenters. The van der Waals surface area contributed by atoms with E-state index in [9.17, 15) is 38.7 Å². The second kappa shape index (κ2) is 24.0. The van der Waals surface area contributed by atoms with Crippen molar-refractivity contribution < 1.29 is 38.7 Å². The molecule has 6 atom stereocenters. The van der Waals surface area contributed by atoms with Crippen molar-refractivity contribution in [2.45, 2.75) is 88.0 Å². The van der Waals surface area contributed by atoms with Crippen LogP contribution in [0.1, 0.15) is 54.4 Å². The van der Waals surface area contributed by atoms with Crippen LogP contribution in [-0.2, 0) is 59.2 Å². The van der Waals surface area contributed by atoms with Crippen LogP contribution < -0.4 is 31.9 Å². The van der Waals surface area contributed by atoms with Gasteiger partial charge in [-0.05, 0) is 71.7 Å². The molecule has 4 aromatic rings. The first-order valence-corrected chi connectivity index (χ1v) is 22.5. The van der Waals surface area contributed by atoms with Crippen LogP contribution in [0, 0.1) is 5.92 Å². The highest BCUT2D eigenvalue weighted by Crippen LogP contribution is 2.23. The van der Waals surface area contributed by atoms with Gasteiger partial charge in [0, 0.05) is 54.3 Å². The molecular weight excluding hydrogens is 883 g/mol. The minimum absolute atomic E-state index is 0.0364. The third kappa shape index (κ3) is 14.9. The van der Waals surface area contributed by atoms with Crippen LogP contribution in [0.5, 0.6) is 0 Å². The molecule has 14 nitrogen and oxygen atoms in total. The maximum absolute atomic E-state index is 14.6. The molecule has 344 valence electrons. The lowest BCUT2D eigenvalue weighted by molar-refractivity contribution is -0.142. The molecule has 16 heteroatoms. The van der Waals surface area contributed by atoms with E-state index in [1.54, 1.807) is 97.1 Å². The number of anilines is 1. The Hall–Kier alpha value is -6.77. The van der Waals surface area contributed by atoms with Gasteiger partial charge >= 0.3 is 5.97 Å². The zero-order chi connectivity index (χ0) is 47.0. The molecule has 66 heavy (non-hydrogen) atoms. The molecule has 2 bridgehead atoms. The molecular formula is C50H52Cl2N6O8. The molecule has 0 saturated heterocycles. The van der Waals surface area contributed by atoms with Crippen molar-refractivity contribution in [3.8, 4) is 0 Å². The lowest BCUT2D eigenvalue weighted by Crippen LogP contribution is -2.60. The van der Waals surface area contributed by atoms with E-state index in [1.165, 1.54) is 6.07 Å². The Labute approximate surface area is 393 Å². The number of carboxylic acids is 1. The number of carbonyl (C=O) groups excluding carboxylic acids is 6. The van der Waals surface area contributed by atoms with Crippen LogP contribution in [0.3, 0.4) is 0 Å². The summed E-state index contributed by atoms with van der Waals surface area (Å²) in [5.74, 6) is -5.23. The second-order valence-electron chi connectivity index (χ2n) is 16.4. The largest absolute Gasteiger partial charge is 0.480 e. The number of carbonyl (C=O) groups is 7. The molecule has 0 fully saturated rings. The Morgan fingerprint density at radius 3 is 1.97 bits per heavy atom. The maximum atomic E-state index is 14.6. The van der Waals surface area contributed by atoms with Crippen molar-refractivity contribution in [2.75, 3.05) is 5.32 Å². The number of nitrogens with one attached hydrogen (secondary N) is 6. The molecule has 3 aliphatic rings. The van der Waals surface area contributed by atoms with E-state index in [0.29, 0.717) is 39.4 Å². The van der Waals surface area contributed by atoms with E-state index in [1.807, 2.05) is 24.3 Å². The highest BCUT2D eigenvalue weighted by molar-refractivity contribution is 6.35. The van der Waals surface area contributed by atoms with Gasteiger partial charge in [0.25, 0.3) is 0 Å². The van der Waals surface area contributed by atoms with Gasteiger partial charge in [0.05, 0.1) is 0 Å². The summed E-state index contributed by atoms with van der Waals surface area (Å²) in [6.45, 7) is 0. The first-order valence-electron chi connectivity index (χ1n) is 21.8. The Morgan fingerprint density at radius 2 is 1.32 bits per heavy atom. The van der Waals surface area contributed by atoms with Crippen molar-refractivity contribution in [1.29, 1.82) is 0 Å². The molecule has 4 aromatic carbocycles. The molecule has 2 heterocycles. The summed E-state index contributed by atoms with van der Waals surface area (Å²) in [5, 5.41) is 27.3. The Morgan fingerprint density at radius 1 is 0.682 bits per heavy atom. The molecule has 6 amide bonds. The predicted molar refractivity (Wildman–Crippen MR) is 251 cm³/mol. The average molecular weight is 936 g/mol. The number of fused-ring (bicyclic) bond motifs is 18. The second-order valence-corrected chi connectivity index (χ2v) is 17.2. The number of halogens is 2. The summed E-state index contributed by atoms with van der Waals surface area (Å²) in [7, 11) is 0. The van der Waals surface area contributed by atoms with Crippen molar-refractivity contribution >= 4 is 70.3 Å². The quantitative estimate of drug-likeness (QED) is 0.0911. The lowest BCUT2D eigenvalue weighted by Gasteiger charge is -2.28. The van der Waals surface area contributed by atoms with E-state index in [-0.39, 0.29) is 55.9 Å². The number of amides is 6. The monoisotopic (exact) mass is 934 g/mol. The molecule has 7 N–H and O–H groups in total. The molecule has 0 saturated carbocycles. The van der Waals surface area contributed by atoms with Crippen molar-refractivity contribution in [3.05, 3.63) is 160 Å². The van der Waals surface area contributed by atoms with Gasteiger partial charge in [0.1, 0.15) is 30.2 Å². The Balaban J connectivity index is 1.36. The van der Waals surface area contributed by atoms with Gasteiger partial charge in [0.2, 0.25) is 35.4 Å². The van der Waals surface area contributed by atoms with E-state index in [0.717, 1.165) is 6.42 Å². The van der Waals surface area contributed by atoms with Crippen LogP contribution in [0.4, 0.5) is 5.69 Å². The first-order chi connectivity index (χ1) is 31.8. The van der Waals surface area contributed by atoms with Crippen LogP contribution in [0.2, 0.25) is 10.0 Å². The number of aliphatic carboxylic acids is 1. The standard InChI is InChI=1S/C50H52Cl2N6O8/c51-36-20-19-35(38(52)30-36)29-42-49(64)56-40(26-32-12-6-2-7-13-32)47(62)55-41(48(63)58-43(50(65)66)28-33-14-8-3-9-15-33)27-34-16-21-37(22-17-34)53-44(59)24-25-45(60)54-39(46(61)57-42)23-18-31-10-4-1-5-11-31/h1-10,12-17,19-22,30-31,39-43H,11,18,23-29H2,(H,53,59)(H,54,60)(H,55,62)(H,56,64)(H,57,61)(H,58,63)(H,65,66)/t31?,39-,40-,41-,42+,43+/m1/s1. The fourth-order valence-electron chi connectivity index (χ4n) is 7.70. The highest BCUT2D eigenvalue weighted by Gasteiger charge is 2.34. The van der Waals surface area contributed by atoms with Crippen molar-refractivity contribution in [3.63, 3.8) is 0 Å². The Bertz CT molecular complexity index is 2430. The summed E-state index contributed by atoms with van der Waals surface area (Å²) in [6.07, 6.45) is 8.54. The topological polar surface area (TPSA) is 212 Å². The van der Waals surface area contributed by atoms with Gasteiger partial charge in [-0.1, -0.05) is 126 Å². The van der Waals surface area contributed by atoms with Gasteiger partial charge in [-0.2, -0.15) is 0 Å². The number of hydrogen-bond acceptors (Lipinski definition) is 7. The minimum atomic E-state index is -1.36. The van der Waals surface area contributed by atoms with Crippen LogP contribution in [-0.4, -0.2) is 76.7 Å². The van der Waals surface area contributed by atoms with Gasteiger partial charge in [0.15, 0.2) is 0 Å². The van der Waals surface area contributed by atoms with Crippen LogP contribution in [0.25, 0.3) is 0 Å². The molecule has 0 aromatic heterocycles. The molecule has 7 rings (SSSR count). The van der Waals surface area contributed by atoms with Gasteiger partial charge in [-0.25, -0.2) is 4.79 Å². The van der Waals surface area contributed by atoms with Crippen molar-refractivity contribution in [2.24, 2.45) is 5.92 Å². The molecule has 0 spiro atoms. The minimum Gasteiger partial charge on any atom is -0.480 e. The summed E-state index contributed by atoms with van der Waals surface area (Å²) < 4.78 is 0. The van der Waals surface area contributed by atoms with E-state index in [4.69, 9.17) is 23.2 Å². The molecule has 1 aliphatic carbocycles. The SMILES string of the molecule is O=C1CCC(=O)N[C@H](CCC2C=CC=CC2)C(=O)N[C@@H](Cc2ccc(Cl)cc2Cl)C(=O)N[C@H](Cc2ccccc2)C(=O)N[C@@H](C(=O)N[C@@H](Cc2ccccc2)C(=O)O)Cc2ccc(cc2)N1. The predicted octanol–water partition coefficient (Wildman–Crippen LogP) is 5.42. The number of hydrogen-bond donors (Lipinski definition) is 7. The fourth-order valence-corrected chi connectivity index (χ4v) is 8.18. The van der Waals surface area contributed by atoms with Crippen LogP contribution in [0.15, 0.2) is 127 Å². The summed E-state index contributed by atoms with van der Waals surface area (Å²) >= 11 is 12.8. The Kier molecular flexibility index (Phi) is 17.7. The van der Waals surface area contributed by atoms with E-state index in [2.05, 4.69) is 31.9 Å². The average Bonchev–Trinajstić information content (AvgIpc) is 3.30. The third-order valence-corrected chi connectivity index (χ3v) is 11.9. The summed E-state index contributed by atoms with van der Waals surface area (Å²) in [5.41, 5.74) is 2.72. The zero-order valence-corrected chi connectivity index (χ0v) is 37.5. The van der Waals surface area contributed by atoms with E-state index < -0.39 is 71.6 Å². The number of rotatable bonds is 12. The van der Waals surface area contributed by atoms with E-state index >= 15 is 0 Å². The molecule has 2 aliphatic heterocycles. The summed E-state index contributed by atoms with van der Waals surface area (Å²) in [4.78, 5) is 96.7. The number of benzene rings is 4.